The van der Waals surface area contributed by atoms with Crippen molar-refractivity contribution in [1.29, 1.82) is 0 Å². The largest absolute Gasteiger partial charge is 0.397 e. The number of non-ortho nitro benzene ring substituents is 1. The number of nitrogens with zero attached hydrogens (tertiary/aromatic N) is 1. The Morgan fingerprint density at radius 1 is 1.54 bits per heavy atom. The summed E-state index contributed by atoms with van der Waals surface area (Å²) in [5, 5.41) is 10.4. The molecule has 0 radical (unpaired) electrons. The fourth-order valence-corrected chi connectivity index (χ4v) is 1.29. The number of nitrogen functional groups attached to an aromatic ring is 1. The van der Waals surface area contributed by atoms with Crippen molar-refractivity contribution in [3.63, 3.8) is 0 Å². The van der Waals surface area contributed by atoms with E-state index < -0.39 is 4.92 Å². The lowest BCUT2D eigenvalue weighted by Crippen LogP contribution is -1.97. The third-order valence-corrected chi connectivity index (χ3v) is 2.14. The van der Waals surface area contributed by atoms with Crippen LogP contribution in [0, 0.1) is 10.1 Å². The van der Waals surface area contributed by atoms with Gasteiger partial charge in [-0.2, -0.15) is 0 Å². The summed E-state index contributed by atoms with van der Waals surface area (Å²) in [6.07, 6.45) is 0.479. The van der Waals surface area contributed by atoms with Crippen LogP contribution in [0.1, 0.15) is 10.4 Å². The van der Waals surface area contributed by atoms with E-state index in [0.29, 0.717) is 10.8 Å². The van der Waals surface area contributed by atoms with E-state index in [1.165, 1.54) is 6.07 Å². The molecule has 0 spiro atoms. The fourth-order valence-electron chi connectivity index (χ4n) is 0.827. The van der Waals surface area contributed by atoms with E-state index in [1.807, 2.05) is 0 Å². The van der Waals surface area contributed by atoms with Crippen molar-refractivity contribution in [1.82, 2.24) is 0 Å². The van der Waals surface area contributed by atoms with Gasteiger partial charge in [0.05, 0.1) is 10.6 Å². The van der Waals surface area contributed by atoms with Gasteiger partial charge in [0.2, 0.25) is 0 Å². The molecule has 0 saturated heterocycles. The molecule has 0 heterocycles. The zero-order valence-electron chi connectivity index (χ0n) is 6.36. The van der Waals surface area contributed by atoms with Crippen LogP contribution in [0.3, 0.4) is 0 Å². The molecule has 13 heavy (non-hydrogen) atoms. The molecule has 0 saturated carbocycles. The van der Waals surface area contributed by atoms with Crippen LogP contribution in [0.15, 0.2) is 16.6 Å². The van der Waals surface area contributed by atoms with Crippen molar-refractivity contribution in [3.8, 4) is 0 Å². The van der Waals surface area contributed by atoms with Crippen LogP contribution in [0.4, 0.5) is 11.4 Å². The summed E-state index contributed by atoms with van der Waals surface area (Å²) < 4.78 is 0.351. The Balaban J connectivity index is 3.38. The highest BCUT2D eigenvalue weighted by atomic mass is 79.9. The molecule has 0 amide bonds. The minimum atomic E-state index is -0.586. The lowest BCUT2D eigenvalue weighted by molar-refractivity contribution is -0.384. The highest BCUT2D eigenvalue weighted by Crippen LogP contribution is 2.27. The van der Waals surface area contributed by atoms with E-state index in [9.17, 15) is 14.9 Å². The average Bonchev–Trinajstić information content (AvgIpc) is 2.09. The zero-order valence-corrected chi connectivity index (χ0v) is 7.95. The first kappa shape index (κ1) is 9.66. The smallest absolute Gasteiger partial charge is 0.271 e. The zero-order chi connectivity index (χ0) is 10.0. The maximum absolute atomic E-state index is 10.4. The summed E-state index contributed by atoms with van der Waals surface area (Å²) in [5.74, 6) is 0. The number of carbonyl (C=O) groups is 1. The number of nitrogens with two attached hydrogens (primary N) is 1. The first-order chi connectivity index (χ1) is 6.06. The van der Waals surface area contributed by atoms with Gasteiger partial charge >= 0.3 is 0 Å². The number of halogens is 1. The average molecular weight is 245 g/mol. The third kappa shape index (κ3) is 1.83. The number of nitro benzene ring substituents is 1. The number of rotatable bonds is 2. The van der Waals surface area contributed by atoms with Gasteiger partial charge in [-0.05, 0) is 15.9 Å². The Bertz CT molecular complexity index is 378. The van der Waals surface area contributed by atoms with Crippen LogP contribution in [0.25, 0.3) is 0 Å². The van der Waals surface area contributed by atoms with Gasteiger partial charge in [-0.15, -0.1) is 0 Å². The molecule has 2 N–H and O–H groups in total. The van der Waals surface area contributed by atoms with Gasteiger partial charge in [-0.25, -0.2) is 0 Å². The molecule has 0 aliphatic carbocycles. The van der Waals surface area contributed by atoms with Gasteiger partial charge in [0.15, 0.2) is 6.29 Å². The van der Waals surface area contributed by atoms with Crippen LogP contribution < -0.4 is 5.73 Å². The van der Waals surface area contributed by atoms with Crippen LogP contribution in [-0.4, -0.2) is 11.2 Å². The molecule has 0 aliphatic heterocycles. The molecule has 0 atom stereocenters. The van der Waals surface area contributed by atoms with Crippen molar-refractivity contribution < 1.29 is 9.72 Å². The maximum Gasteiger partial charge on any atom is 0.271 e. The molecule has 1 rings (SSSR count). The highest BCUT2D eigenvalue weighted by molar-refractivity contribution is 9.10. The minimum Gasteiger partial charge on any atom is -0.397 e. The number of hydrogen-bond acceptors (Lipinski definition) is 4. The van der Waals surface area contributed by atoms with Gasteiger partial charge in [-0.3, -0.25) is 14.9 Å². The molecule has 6 heteroatoms. The lowest BCUT2D eigenvalue weighted by atomic mass is 10.2. The van der Waals surface area contributed by atoms with E-state index in [1.54, 1.807) is 0 Å². The summed E-state index contributed by atoms with van der Waals surface area (Å²) in [6, 6.07) is 2.38. The molecule has 1 aromatic rings. The summed E-state index contributed by atoms with van der Waals surface area (Å²) in [5.41, 5.74) is 5.62. The van der Waals surface area contributed by atoms with Crippen LogP contribution in [0.5, 0.6) is 0 Å². The van der Waals surface area contributed by atoms with Gasteiger partial charge in [0.1, 0.15) is 0 Å². The first-order valence-corrected chi connectivity index (χ1v) is 4.04. The van der Waals surface area contributed by atoms with E-state index in [2.05, 4.69) is 15.9 Å². The van der Waals surface area contributed by atoms with Crippen molar-refractivity contribution in [3.05, 3.63) is 32.3 Å². The number of hydrogen-bond donors (Lipinski definition) is 1. The number of carbonyl (C=O) groups excluding carboxylic acids is 1. The number of aldehydes is 1. The van der Waals surface area contributed by atoms with Crippen LogP contribution >= 0.6 is 15.9 Å². The van der Waals surface area contributed by atoms with Crippen molar-refractivity contribution >= 4 is 33.6 Å². The Morgan fingerprint density at radius 2 is 2.15 bits per heavy atom. The van der Waals surface area contributed by atoms with Crippen LogP contribution in [-0.2, 0) is 0 Å². The van der Waals surface area contributed by atoms with E-state index >= 15 is 0 Å². The van der Waals surface area contributed by atoms with Gasteiger partial charge in [0.25, 0.3) is 5.69 Å². The second kappa shape index (κ2) is 3.53. The molecular formula is C7H5BrN2O3. The van der Waals surface area contributed by atoms with Gasteiger partial charge in [0, 0.05) is 22.2 Å². The summed E-state index contributed by atoms with van der Waals surface area (Å²) in [7, 11) is 0. The topological polar surface area (TPSA) is 86.2 Å². The third-order valence-electron chi connectivity index (χ3n) is 1.48. The molecule has 68 valence electrons. The van der Waals surface area contributed by atoms with Crippen molar-refractivity contribution in [2.45, 2.75) is 0 Å². The molecule has 1 aromatic carbocycles. The summed E-state index contributed by atoms with van der Waals surface area (Å²) >= 11 is 3.02. The van der Waals surface area contributed by atoms with Crippen molar-refractivity contribution in [2.75, 3.05) is 5.73 Å². The molecular weight excluding hydrogens is 240 g/mol. The second-order valence-electron chi connectivity index (χ2n) is 2.31. The Kier molecular flexibility index (Phi) is 2.62. The normalized spacial score (nSPS) is 9.62. The fraction of sp³-hybridized carbons (Fsp3) is 0. The standard InChI is InChI=1S/C7H5BrN2O3/c8-6-2-5(10(12)13)1-4(3-11)7(6)9/h1-3H,9H2. The Labute approximate surface area is 81.8 Å². The Morgan fingerprint density at radius 3 is 2.62 bits per heavy atom. The quantitative estimate of drug-likeness (QED) is 0.372. The SMILES string of the molecule is Nc1c(Br)cc([N+](=O)[O-])cc1C=O. The molecule has 0 unspecified atom stereocenters. The number of nitro groups is 1. The first-order valence-electron chi connectivity index (χ1n) is 3.25. The summed E-state index contributed by atoms with van der Waals surface area (Å²) in [6.45, 7) is 0. The maximum atomic E-state index is 10.4. The monoisotopic (exact) mass is 244 g/mol. The number of anilines is 1. The van der Waals surface area contributed by atoms with E-state index in [-0.39, 0.29) is 16.9 Å². The molecule has 0 bridgehead atoms. The van der Waals surface area contributed by atoms with Crippen molar-refractivity contribution in [2.24, 2.45) is 0 Å². The molecule has 0 aliphatic rings. The summed E-state index contributed by atoms with van der Waals surface area (Å²) in [4.78, 5) is 20.2. The van der Waals surface area contributed by atoms with Crippen LogP contribution in [0.2, 0.25) is 0 Å². The second-order valence-corrected chi connectivity index (χ2v) is 3.16. The molecule has 0 aromatic heterocycles. The molecule has 5 nitrogen and oxygen atoms in total. The van der Waals surface area contributed by atoms with E-state index in [0.717, 1.165) is 6.07 Å². The Hall–Kier alpha value is -1.43. The number of benzene rings is 1. The lowest BCUT2D eigenvalue weighted by Gasteiger charge is -2.00. The van der Waals surface area contributed by atoms with E-state index in [4.69, 9.17) is 5.73 Å². The minimum absolute atomic E-state index is 0.112. The van der Waals surface area contributed by atoms with Gasteiger partial charge < -0.3 is 5.73 Å². The predicted molar refractivity (Wildman–Crippen MR) is 50.6 cm³/mol. The molecule has 0 fully saturated rings. The highest BCUT2D eigenvalue weighted by Gasteiger charge is 2.12. The predicted octanol–water partition coefficient (Wildman–Crippen LogP) is 1.75. The van der Waals surface area contributed by atoms with Gasteiger partial charge in [-0.1, -0.05) is 0 Å².